The van der Waals surface area contributed by atoms with Crippen molar-refractivity contribution in [2.75, 3.05) is 20.8 Å². The largest absolute Gasteiger partial charge is 0.497 e. The Morgan fingerprint density at radius 2 is 1.97 bits per heavy atom. The second-order valence-corrected chi connectivity index (χ2v) is 7.08. The Balaban J connectivity index is 1.80. The van der Waals surface area contributed by atoms with E-state index < -0.39 is 5.97 Å². The highest BCUT2D eigenvalue weighted by Gasteiger charge is 2.24. The summed E-state index contributed by atoms with van der Waals surface area (Å²) < 4.78 is 16.1. The van der Waals surface area contributed by atoms with Crippen LogP contribution in [0.2, 0.25) is 0 Å². The number of hydrogen-bond donors (Lipinski definition) is 2. The predicted molar refractivity (Wildman–Crippen MR) is 115 cm³/mol. The predicted octanol–water partition coefficient (Wildman–Crippen LogP) is 3.45. The average Bonchev–Trinajstić information content (AvgIpc) is 3.08. The number of para-hydroxylation sites is 1. The Labute approximate surface area is 177 Å². The van der Waals surface area contributed by atoms with Gasteiger partial charge in [0, 0.05) is 11.6 Å². The summed E-state index contributed by atoms with van der Waals surface area (Å²) >= 11 is 1.19. The Morgan fingerprint density at radius 3 is 2.70 bits per heavy atom. The van der Waals surface area contributed by atoms with Gasteiger partial charge in [-0.25, -0.2) is 4.99 Å². The number of amidine groups is 1. The summed E-state index contributed by atoms with van der Waals surface area (Å²) in [5, 5.41) is 11.9. The molecule has 0 aliphatic carbocycles. The number of thioether (sulfide) groups is 1. The molecule has 1 aliphatic rings. The summed E-state index contributed by atoms with van der Waals surface area (Å²) in [5.74, 6) is 0.435. The van der Waals surface area contributed by atoms with E-state index in [1.165, 1.54) is 18.9 Å². The highest BCUT2D eigenvalue weighted by atomic mass is 32.2. The number of carboxylic acids is 1. The third-order valence-electron chi connectivity index (χ3n) is 4.04. The van der Waals surface area contributed by atoms with Crippen molar-refractivity contribution in [1.82, 2.24) is 5.32 Å². The highest BCUT2D eigenvalue weighted by molar-refractivity contribution is 8.18. The second kappa shape index (κ2) is 9.84. The van der Waals surface area contributed by atoms with E-state index >= 15 is 0 Å². The first-order valence-electron chi connectivity index (χ1n) is 8.95. The Bertz CT molecular complexity index is 1020. The minimum atomic E-state index is -0.939. The van der Waals surface area contributed by atoms with E-state index in [4.69, 9.17) is 19.3 Å². The molecule has 156 valence electrons. The fourth-order valence-corrected chi connectivity index (χ4v) is 3.41. The Hall–Kier alpha value is -3.46. The van der Waals surface area contributed by atoms with Gasteiger partial charge in [0.15, 0.2) is 5.17 Å². The number of carbonyl (C=O) groups excluding carboxylic acids is 1. The molecule has 0 radical (unpaired) electrons. The van der Waals surface area contributed by atoms with Crippen molar-refractivity contribution < 1.29 is 28.9 Å². The SMILES string of the molecule is COc1ccc(N=C2NC(=O)/C(=C\c3ccccc3OCCC(=O)O)S2)c(OC)c1. The molecule has 0 atom stereocenters. The van der Waals surface area contributed by atoms with E-state index in [9.17, 15) is 9.59 Å². The zero-order valence-corrected chi connectivity index (χ0v) is 17.2. The lowest BCUT2D eigenvalue weighted by molar-refractivity contribution is -0.137. The van der Waals surface area contributed by atoms with Gasteiger partial charge in [0.2, 0.25) is 0 Å². The number of ether oxygens (including phenoxy) is 3. The summed E-state index contributed by atoms with van der Waals surface area (Å²) in [5.41, 5.74) is 1.23. The molecule has 8 nitrogen and oxygen atoms in total. The fraction of sp³-hybridized carbons (Fsp3) is 0.190. The quantitative estimate of drug-likeness (QED) is 0.620. The average molecular weight is 428 g/mol. The highest BCUT2D eigenvalue weighted by Crippen LogP contribution is 2.35. The van der Waals surface area contributed by atoms with Gasteiger partial charge in [-0.15, -0.1) is 0 Å². The van der Waals surface area contributed by atoms with Gasteiger partial charge in [-0.05, 0) is 36.0 Å². The van der Waals surface area contributed by atoms with Crippen LogP contribution in [0.15, 0.2) is 52.4 Å². The van der Waals surface area contributed by atoms with Crippen molar-refractivity contribution in [1.29, 1.82) is 0 Å². The lowest BCUT2D eigenvalue weighted by Gasteiger charge is -2.08. The van der Waals surface area contributed by atoms with Crippen LogP contribution in [0.3, 0.4) is 0 Å². The zero-order valence-electron chi connectivity index (χ0n) is 16.4. The number of methoxy groups -OCH3 is 2. The molecule has 30 heavy (non-hydrogen) atoms. The number of amides is 1. The minimum Gasteiger partial charge on any atom is -0.497 e. The summed E-state index contributed by atoms with van der Waals surface area (Å²) in [6.07, 6.45) is 1.57. The van der Waals surface area contributed by atoms with Gasteiger partial charge in [0.05, 0.1) is 32.2 Å². The molecule has 3 rings (SSSR count). The van der Waals surface area contributed by atoms with Crippen molar-refractivity contribution in [3.8, 4) is 17.2 Å². The Morgan fingerprint density at radius 1 is 1.17 bits per heavy atom. The fourth-order valence-electron chi connectivity index (χ4n) is 2.59. The first kappa shape index (κ1) is 21.3. The molecule has 0 spiro atoms. The number of nitrogens with one attached hydrogen (secondary N) is 1. The normalized spacial score (nSPS) is 15.9. The number of rotatable bonds is 8. The van der Waals surface area contributed by atoms with Gasteiger partial charge in [0.25, 0.3) is 5.91 Å². The van der Waals surface area contributed by atoms with Gasteiger partial charge < -0.3 is 24.6 Å². The van der Waals surface area contributed by atoms with Crippen LogP contribution in [0.1, 0.15) is 12.0 Å². The van der Waals surface area contributed by atoms with Gasteiger partial charge >= 0.3 is 5.97 Å². The van der Waals surface area contributed by atoms with Crippen LogP contribution in [0.5, 0.6) is 17.2 Å². The first-order chi connectivity index (χ1) is 14.5. The molecule has 0 saturated carbocycles. The third kappa shape index (κ3) is 5.32. The van der Waals surface area contributed by atoms with E-state index in [1.807, 2.05) is 6.07 Å². The van der Waals surface area contributed by atoms with Crippen molar-refractivity contribution in [3.05, 3.63) is 52.9 Å². The smallest absolute Gasteiger partial charge is 0.306 e. The van der Waals surface area contributed by atoms with Gasteiger partial charge in [-0.1, -0.05) is 18.2 Å². The molecular weight excluding hydrogens is 408 g/mol. The standard InChI is InChI=1S/C21H20N2O6S/c1-27-14-7-8-15(17(12-14)28-2)22-21-23-20(26)18(30-21)11-13-5-3-4-6-16(13)29-10-9-19(24)25/h3-8,11-12H,9-10H2,1-2H3,(H,24,25)(H,22,23,26)/b18-11+. The lowest BCUT2D eigenvalue weighted by Crippen LogP contribution is -2.19. The van der Waals surface area contributed by atoms with E-state index in [1.54, 1.807) is 49.6 Å². The zero-order chi connectivity index (χ0) is 21.5. The number of aliphatic carboxylic acids is 1. The van der Waals surface area contributed by atoms with Crippen LogP contribution in [0.4, 0.5) is 5.69 Å². The van der Waals surface area contributed by atoms with E-state index in [2.05, 4.69) is 10.3 Å². The van der Waals surface area contributed by atoms with Crippen LogP contribution in [0.25, 0.3) is 6.08 Å². The maximum absolute atomic E-state index is 12.4. The summed E-state index contributed by atoms with van der Waals surface area (Å²) in [6.45, 7) is 0.0405. The molecule has 0 bridgehead atoms. The molecule has 1 amide bonds. The molecule has 0 unspecified atom stereocenters. The molecule has 9 heteroatoms. The first-order valence-corrected chi connectivity index (χ1v) is 9.77. The summed E-state index contributed by atoms with van der Waals surface area (Å²) in [7, 11) is 3.10. The van der Waals surface area contributed by atoms with Crippen molar-refractivity contribution >= 4 is 40.6 Å². The summed E-state index contributed by atoms with van der Waals surface area (Å²) in [6, 6.07) is 12.3. The van der Waals surface area contributed by atoms with E-state index in [-0.39, 0.29) is 18.9 Å². The third-order valence-corrected chi connectivity index (χ3v) is 4.95. The number of hydrogen-bond acceptors (Lipinski definition) is 7. The van der Waals surface area contributed by atoms with E-state index in [0.717, 1.165) is 0 Å². The number of carboxylic acid groups (broad SMARTS) is 1. The van der Waals surface area contributed by atoms with Crippen molar-refractivity contribution in [2.45, 2.75) is 6.42 Å². The molecule has 2 N–H and O–H groups in total. The second-order valence-electron chi connectivity index (χ2n) is 6.05. The molecule has 2 aromatic carbocycles. The van der Waals surface area contributed by atoms with Crippen LogP contribution >= 0.6 is 11.8 Å². The number of benzene rings is 2. The molecule has 2 aromatic rings. The van der Waals surface area contributed by atoms with Gasteiger partial charge in [0.1, 0.15) is 22.9 Å². The van der Waals surface area contributed by atoms with E-state index in [0.29, 0.717) is 38.6 Å². The minimum absolute atomic E-state index is 0.0405. The van der Waals surface area contributed by atoms with Crippen molar-refractivity contribution in [3.63, 3.8) is 0 Å². The number of nitrogens with zero attached hydrogens (tertiary/aromatic N) is 1. The monoisotopic (exact) mass is 428 g/mol. The molecule has 1 heterocycles. The van der Waals surface area contributed by atoms with Crippen LogP contribution < -0.4 is 19.5 Å². The molecule has 1 aliphatic heterocycles. The van der Waals surface area contributed by atoms with Gasteiger partial charge in [-0.2, -0.15) is 0 Å². The van der Waals surface area contributed by atoms with Crippen LogP contribution in [0, 0.1) is 0 Å². The van der Waals surface area contributed by atoms with Crippen molar-refractivity contribution in [2.24, 2.45) is 4.99 Å². The topological polar surface area (TPSA) is 106 Å². The lowest BCUT2D eigenvalue weighted by atomic mass is 10.2. The number of carbonyl (C=O) groups is 2. The van der Waals surface area contributed by atoms with Crippen LogP contribution in [-0.2, 0) is 9.59 Å². The summed E-state index contributed by atoms with van der Waals surface area (Å²) in [4.78, 5) is 28.0. The molecule has 1 saturated heterocycles. The molecular formula is C21H20N2O6S. The Kier molecular flexibility index (Phi) is 6.97. The maximum atomic E-state index is 12.4. The maximum Gasteiger partial charge on any atom is 0.306 e. The van der Waals surface area contributed by atoms with Crippen LogP contribution in [-0.4, -0.2) is 43.0 Å². The van der Waals surface area contributed by atoms with Gasteiger partial charge in [-0.3, -0.25) is 9.59 Å². The molecule has 0 aromatic heterocycles. The number of aliphatic imine (C=N–C) groups is 1. The molecule has 1 fully saturated rings.